The normalized spacial score (nSPS) is 9.78. The van der Waals surface area contributed by atoms with E-state index in [4.69, 9.17) is 15.9 Å². The van der Waals surface area contributed by atoms with Gasteiger partial charge in [-0.05, 0) is 17.5 Å². The summed E-state index contributed by atoms with van der Waals surface area (Å²) in [4.78, 5) is 11.7. The van der Waals surface area contributed by atoms with Crippen LogP contribution in [0.3, 0.4) is 0 Å². The van der Waals surface area contributed by atoms with E-state index in [9.17, 15) is 4.79 Å². The van der Waals surface area contributed by atoms with Crippen molar-refractivity contribution in [2.75, 3.05) is 13.7 Å². The zero-order valence-corrected chi connectivity index (χ0v) is 9.97. The molecule has 0 fully saturated rings. The van der Waals surface area contributed by atoms with E-state index in [1.165, 1.54) is 7.11 Å². The molecule has 0 spiro atoms. The maximum Gasteiger partial charge on any atom is 0.338 e. The van der Waals surface area contributed by atoms with Crippen molar-refractivity contribution in [2.45, 2.75) is 0 Å². The molecule has 0 aliphatic heterocycles. The SMILES string of the molecule is C#CCOc1ccc(C(=O)OC)c2ccccc12. The highest BCUT2D eigenvalue weighted by molar-refractivity contribution is 6.06. The van der Waals surface area contributed by atoms with Crippen molar-refractivity contribution < 1.29 is 14.3 Å². The zero-order valence-electron chi connectivity index (χ0n) is 9.97. The molecule has 3 nitrogen and oxygen atoms in total. The van der Waals surface area contributed by atoms with E-state index < -0.39 is 0 Å². The third-order valence-corrected chi connectivity index (χ3v) is 2.60. The third kappa shape index (κ3) is 2.14. The fourth-order valence-electron chi connectivity index (χ4n) is 1.80. The Morgan fingerprint density at radius 1 is 1.22 bits per heavy atom. The number of hydrogen-bond donors (Lipinski definition) is 0. The van der Waals surface area contributed by atoms with E-state index in [2.05, 4.69) is 5.92 Å². The molecular formula is C15H12O3. The average Bonchev–Trinajstić information content (AvgIpc) is 2.43. The van der Waals surface area contributed by atoms with Gasteiger partial charge >= 0.3 is 5.97 Å². The van der Waals surface area contributed by atoms with Gasteiger partial charge in [0.1, 0.15) is 12.4 Å². The molecule has 2 aromatic carbocycles. The fraction of sp³-hybridized carbons (Fsp3) is 0.133. The van der Waals surface area contributed by atoms with Gasteiger partial charge < -0.3 is 9.47 Å². The Morgan fingerprint density at radius 2 is 1.94 bits per heavy atom. The largest absolute Gasteiger partial charge is 0.480 e. The highest BCUT2D eigenvalue weighted by Crippen LogP contribution is 2.28. The van der Waals surface area contributed by atoms with Crippen LogP contribution in [-0.4, -0.2) is 19.7 Å². The minimum Gasteiger partial charge on any atom is -0.480 e. The van der Waals surface area contributed by atoms with Gasteiger partial charge in [0.2, 0.25) is 0 Å². The topological polar surface area (TPSA) is 35.5 Å². The van der Waals surface area contributed by atoms with Crippen molar-refractivity contribution in [3.63, 3.8) is 0 Å². The molecule has 18 heavy (non-hydrogen) atoms. The Hall–Kier alpha value is -2.47. The average molecular weight is 240 g/mol. The molecule has 0 N–H and O–H groups in total. The number of hydrogen-bond acceptors (Lipinski definition) is 3. The van der Waals surface area contributed by atoms with E-state index >= 15 is 0 Å². The number of benzene rings is 2. The quantitative estimate of drug-likeness (QED) is 0.611. The van der Waals surface area contributed by atoms with Crippen LogP contribution in [0.2, 0.25) is 0 Å². The van der Waals surface area contributed by atoms with Gasteiger partial charge in [0, 0.05) is 5.39 Å². The van der Waals surface area contributed by atoms with Crippen LogP contribution in [0.25, 0.3) is 10.8 Å². The van der Waals surface area contributed by atoms with E-state index in [1.54, 1.807) is 12.1 Å². The van der Waals surface area contributed by atoms with Crippen LogP contribution >= 0.6 is 0 Å². The summed E-state index contributed by atoms with van der Waals surface area (Å²) < 4.78 is 10.2. The molecule has 0 radical (unpaired) electrons. The van der Waals surface area contributed by atoms with Crippen molar-refractivity contribution in [1.29, 1.82) is 0 Å². The van der Waals surface area contributed by atoms with Gasteiger partial charge in [-0.15, -0.1) is 6.42 Å². The number of ether oxygens (including phenoxy) is 2. The fourth-order valence-corrected chi connectivity index (χ4v) is 1.80. The molecule has 0 aliphatic carbocycles. The minimum absolute atomic E-state index is 0.196. The molecule has 0 saturated heterocycles. The molecule has 3 heteroatoms. The number of fused-ring (bicyclic) bond motifs is 1. The minimum atomic E-state index is -0.366. The summed E-state index contributed by atoms with van der Waals surface area (Å²) in [6.07, 6.45) is 5.17. The first kappa shape index (κ1) is 12.0. The van der Waals surface area contributed by atoms with Gasteiger partial charge in [0.25, 0.3) is 0 Å². The monoisotopic (exact) mass is 240 g/mol. The van der Waals surface area contributed by atoms with Crippen LogP contribution in [0.5, 0.6) is 5.75 Å². The van der Waals surface area contributed by atoms with Crippen LogP contribution in [0.4, 0.5) is 0 Å². The number of carbonyl (C=O) groups is 1. The highest BCUT2D eigenvalue weighted by Gasteiger charge is 2.12. The lowest BCUT2D eigenvalue weighted by molar-refractivity contribution is 0.0603. The van der Waals surface area contributed by atoms with E-state index in [-0.39, 0.29) is 12.6 Å². The van der Waals surface area contributed by atoms with Crippen molar-refractivity contribution in [2.24, 2.45) is 0 Å². The summed E-state index contributed by atoms with van der Waals surface area (Å²) in [6, 6.07) is 10.9. The Bertz CT molecular complexity index is 623. The van der Waals surface area contributed by atoms with Gasteiger partial charge in [0.05, 0.1) is 12.7 Å². The standard InChI is InChI=1S/C15H12O3/c1-3-10-18-14-9-8-13(15(16)17-2)11-6-4-5-7-12(11)14/h1,4-9H,10H2,2H3. The molecular weight excluding hydrogens is 228 g/mol. The van der Waals surface area contributed by atoms with E-state index in [0.717, 1.165) is 10.8 Å². The summed E-state index contributed by atoms with van der Waals surface area (Å²) in [5.74, 6) is 2.71. The summed E-state index contributed by atoms with van der Waals surface area (Å²) in [5, 5.41) is 1.63. The van der Waals surface area contributed by atoms with E-state index in [0.29, 0.717) is 11.3 Å². The number of rotatable bonds is 3. The number of methoxy groups -OCH3 is 1. The maximum absolute atomic E-state index is 11.7. The van der Waals surface area contributed by atoms with Gasteiger partial charge in [-0.25, -0.2) is 4.79 Å². The second-order valence-electron chi connectivity index (χ2n) is 3.64. The van der Waals surface area contributed by atoms with Crippen molar-refractivity contribution in [3.05, 3.63) is 42.0 Å². The van der Waals surface area contributed by atoms with Gasteiger partial charge in [-0.2, -0.15) is 0 Å². The van der Waals surface area contributed by atoms with Crippen LogP contribution in [0.1, 0.15) is 10.4 Å². The maximum atomic E-state index is 11.7. The molecule has 0 amide bonds. The first-order valence-electron chi connectivity index (χ1n) is 5.44. The molecule has 90 valence electrons. The smallest absolute Gasteiger partial charge is 0.338 e. The van der Waals surface area contributed by atoms with Crippen LogP contribution in [-0.2, 0) is 4.74 Å². The summed E-state index contributed by atoms with van der Waals surface area (Å²) >= 11 is 0. The summed E-state index contributed by atoms with van der Waals surface area (Å²) in [5.41, 5.74) is 0.515. The third-order valence-electron chi connectivity index (χ3n) is 2.60. The Labute approximate surface area is 105 Å². The van der Waals surface area contributed by atoms with Crippen LogP contribution < -0.4 is 4.74 Å². The zero-order chi connectivity index (χ0) is 13.0. The highest BCUT2D eigenvalue weighted by atomic mass is 16.5. The van der Waals surface area contributed by atoms with Crippen molar-refractivity contribution in [1.82, 2.24) is 0 Å². The number of carbonyl (C=O) groups excluding carboxylic acids is 1. The molecule has 0 heterocycles. The van der Waals surface area contributed by atoms with Crippen molar-refractivity contribution in [3.8, 4) is 18.1 Å². The van der Waals surface area contributed by atoms with Gasteiger partial charge in [0.15, 0.2) is 0 Å². The number of terminal acetylenes is 1. The van der Waals surface area contributed by atoms with Gasteiger partial charge in [-0.3, -0.25) is 0 Å². The molecule has 0 aliphatic rings. The molecule has 0 bridgehead atoms. The van der Waals surface area contributed by atoms with E-state index in [1.807, 2.05) is 24.3 Å². The Kier molecular flexibility index (Phi) is 3.49. The molecule has 0 atom stereocenters. The number of esters is 1. The second kappa shape index (κ2) is 5.24. The second-order valence-corrected chi connectivity index (χ2v) is 3.64. The summed E-state index contributed by atoms with van der Waals surface area (Å²) in [6.45, 7) is 0.196. The predicted molar refractivity (Wildman–Crippen MR) is 69.6 cm³/mol. The first-order chi connectivity index (χ1) is 8.77. The lowest BCUT2D eigenvalue weighted by Gasteiger charge is -2.09. The molecule has 2 rings (SSSR count). The summed E-state index contributed by atoms with van der Waals surface area (Å²) in [7, 11) is 1.36. The Balaban J connectivity index is 2.59. The van der Waals surface area contributed by atoms with Crippen LogP contribution in [0, 0.1) is 12.3 Å². The lowest BCUT2D eigenvalue weighted by atomic mass is 10.0. The van der Waals surface area contributed by atoms with Gasteiger partial charge in [-0.1, -0.05) is 30.2 Å². The first-order valence-corrected chi connectivity index (χ1v) is 5.44. The van der Waals surface area contributed by atoms with Crippen molar-refractivity contribution >= 4 is 16.7 Å². The van der Waals surface area contributed by atoms with Crippen LogP contribution in [0.15, 0.2) is 36.4 Å². The molecule has 2 aromatic rings. The molecule has 0 unspecified atom stereocenters. The lowest BCUT2D eigenvalue weighted by Crippen LogP contribution is -2.03. The predicted octanol–water partition coefficient (Wildman–Crippen LogP) is 2.64. The molecule has 0 saturated carbocycles. The molecule has 0 aromatic heterocycles. The Morgan fingerprint density at radius 3 is 2.61 bits per heavy atom.